The Labute approximate surface area is 180 Å². The van der Waals surface area contributed by atoms with Crippen LogP contribution in [0.5, 0.6) is 5.75 Å². The quantitative estimate of drug-likeness (QED) is 0.286. The van der Waals surface area contributed by atoms with Crippen molar-refractivity contribution in [2.24, 2.45) is 4.99 Å². The molecule has 1 aromatic carbocycles. The van der Waals surface area contributed by atoms with E-state index in [9.17, 15) is 0 Å². The predicted molar refractivity (Wildman–Crippen MR) is 122 cm³/mol. The van der Waals surface area contributed by atoms with Gasteiger partial charge < -0.3 is 19.8 Å². The van der Waals surface area contributed by atoms with Crippen LogP contribution in [0, 0.1) is 0 Å². The van der Waals surface area contributed by atoms with E-state index in [0.29, 0.717) is 0 Å². The molecule has 2 aromatic heterocycles. The minimum atomic E-state index is 0. The lowest BCUT2D eigenvalue weighted by Gasteiger charge is -2.10. The van der Waals surface area contributed by atoms with Crippen molar-refractivity contribution in [3.8, 4) is 16.9 Å². The van der Waals surface area contributed by atoms with Crippen LogP contribution >= 0.6 is 35.3 Å². The standard InChI is InChI=1S/C20H23N3O2S.HI/c1-21-20(22-10-9-18-4-3-11-25-18)23-13-19-12-16(14-26-19)15-5-7-17(24-2)8-6-15;/h3-8,11-12,14H,9-10,13H2,1-2H3,(H2,21,22,23);1H. The molecule has 2 N–H and O–H groups in total. The Hall–Kier alpha value is -2.00. The third kappa shape index (κ3) is 6.28. The molecular formula is C20H24IN3O2S. The van der Waals surface area contributed by atoms with Gasteiger partial charge in [-0.2, -0.15) is 0 Å². The second kappa shape index (κ2) is 11.0. The molecular weight excluding hydrogens is 473 g/mol. The number of ether oxygens (including phenoxy) is 1. The molecule has 5 nitrogen and oxygen atoms in total. The van der Waals surface area contributed by atoms with Crippen molar-refractivity contribution in [2.45, 2.75) is 13.0 Å². The molecule has 0 amide bonds. The van der Waals surface area contributed by atoms with Crippen LogP contribution in [-0.2, 0) is 13.0 Å². The maximum atomic E-state index is 5.33. The van der Waals surface area contributed by atoms with Crippen LogP contribution in [-0.4, -0.2) is 26.7 Å². The number of hydrogen-bond donors (Lipinski definition) is 2. The van der Waals surface area contributed by atoms with Crippen molar-refractivity contribution < 1.29 is 9.15 Å². The number of hydrogen-bond acceptors (Lipinski definition) is 4. The molecule has 0 bridgehead atoms. The van der Waals surface area contributed by atoms with E-state index in [-0.39, 0.29) is 24.0 Å². The maximum absolute atomic E-state index is 5.33. The summed E-state index contributed by atoms with van der Waals surface area (Å²) < 4.78 is 10.5. The first kappa shape index (κ1) is 21.3. The summed E-state index contributed by atoms with van der Waals surface area (Å²) >= 11 is 1.74. The van der Waals surface area contributed by atoms with E-state index < -0.39 is 0 Å². The number of nitrogens with one attached hydrogen (secondary N) is 2. The van der Waals surface area contributed by atoms with E-state index in [1.807, 2.05) is 24.3 Å². The second-order valence-corrected chi connectivity index (χ2v) is 6.71. The summed E-state index contributed by atoms with van der Waals surface area (Å²) in [5, 5.41) is 8.82. The molecule has 27 heavy (non-hydrogen) atoms. The molecule has 3 rings (SSSR count). The Morgan fingerprint density at radius 2 is 1.96 bits per heavy atom. The molecule has 0 radical (unpaired) electrons. The lowest BCUT2D eigenvalue weighted by molar-refractivity contribution is 0.415. The fraction of sp³-hybridized carbons (Fsp3) is 0.250. The summed E-state index contributed by atoms with van der Waals surface area (Å²) in [6.45, 7) is 1.51. The number of nitrogens with zero attached hydrogens (tertiary/aromatic N) is 1. The SMILES string of the molecule is CN=C(NCCc1ccco1)NCc1cc(-c2ccc(OC)cc2)cs1.I. The van der Waals surface area contributed by atoms with E-state index in [1.165, 1.54) is 16.0 Å². The van der Waals surface area contributed by atoms with Crippen molar-refractivity contribution in [2.75, 3.05) is 20.7 Å². The lowest BCUT2D eigenvalue weighted by Crippen LogP contribution is -2.37. The van der Waals surface area contributed by atoms with Crippen molar-refractivity contribution in [1.82, 2.24) is 10.6 Å². The highest BCUT2D eigenvalue weighted by atomic mass is 127. The average Bonchev–Trinajstić information content (AvgIpc) is 3.36. The Morgan fingerprint density at radius 1 is 1.15 bits per heavy atom. The molecule has 0 fully saturated rings. The van der Waals surface area contributed by atoms with Gasteiger partial charge in [-0.15, -0.1) is 35.3 Å². The molecule has 0 saturated carbocycles. The fourth-order valence-electron chi connectivity index (χ4n) is 2.56. The molecule has 0 aliphatic carbocycles. The highest BCUT2D eigenvalue weighted by Crippen LogP contribution is 2.27. The zero-order chi connectivity index (χ0) is 18.2. The first-order valence-electron chi connectivity index (χ1n) is 8.47. The normalized spacial score (nSPS) is 11.0. The molecule has 7 heteroatoms. The summed E-state index contributed by atoms with van der Waals surface area (Å²) in [4.78, 5) is 5.52. The Balaban J connectivity index is 0.00000261. The first-order chi connectivity index (χ1) is 12.8. The Bertz CT molecular complexity index is 829. The number of thiophene rings is 1. The number of rotatable bonds is 7. The van der Waals surface area contributed by atoms with Crippen LogP contribution in [0.3, 0.4) is 0 Å². The first-order valence-corrected chi connectivity index (χ1v) is 9.35. The molecule has 0 unspecified atom stereocenters. The second-order valence-electron chi connectivity index (χ2n) is 5.71. The number of benzene rings is 1. The third-order valence-corrected chi connectivity index (χ3v) is 4.91. The van der Waals surface area contributed by atoms with E-state index in [4.69, 9.17) is 9.15 Å². The Kier molecular flexibility index (Phi) is 8.66. The predicted octanol–water partition coefficient (Wildman–Crippen LogP) is 4.54. The van der Waals surface area contributed by atoms with Crippen LogP contribution in [0.2, 0.25) is 0 Å². The molecule has 144 valence electrons. The van der Waals surface area contributed by atoms with Gasteiger partial charge in [0.2, 0.25) is 0 Å². The Morgan fingerprint density at radius 3 is 2.63 bits per heavy atom. The summed E-state index contributed by atoms with van der Waals surface area (Å²) in [6, 6.07) is 14.2. The van der Waals surface area contributed by atoms with Gasteiger partial charge in [0.1, 0.15) is 11.5 Å². The lowest BCUT2D eigenvalue weighted by atomic mass is 10.1. The van der Waals surface area contributed by atoms with Gasteiger partial charge in [0.25, 0.3) is 0 Å². The average molecular weight is 497 g/mol. The zero-order valence-electron chi connectivity index (χ0n) is 15.4. The van der Waals surface area contributed by atoms with E-state index in [2.05, 4.69) is 39.2 Å². The minimum absolute atomic E-state index is 0. The molecule has 0 aliphatic rings. The van der Waals surface area contributed by atoms with Gasteiger partial charge in [-0.1, -0.05) is 12.1 Å². The van der Waals surface area contributed by atoms with Gasteiger partial charge in [0.15, 0.2) is 5.96 Å². The van der Waals surface area contributed by atoms with Gasteiger partial charge in [-0.05, 0) is 46.8 Å². The van der Waals surface area contributed by atoms with Crippen LogP contribution < -0.4 is 15.4 Å². The van der Waals surface area contributed by atoms with Gasteiger partial charge in [0, 0.05) is 24.9 Å². The van der Waals surface area contributed by atoms with Crippen LogP contribution in [0.4, 0.5) is 0 Å². The van der Waals surface area contributed by atoms with Crippen molar-refractivity contribution in [1.29, 1.82) is 0 Å². The summed E-state index contributed by atoms with van der Waals surface area (Å²) in [6.07, 6.45) is 2.52. The van der Waals surface area contributed by atoms with E-state index in [1.54, 1.807) is 31.8 Å². The third-order valence-electron chi connectivity index (χ3n) is 3.97. The van der Waals surface area contributed by atoms with E-state index in [0.717, 1.165) is 37.0 Å². The number of methoxy groups -OCH3 is 1. The topological polar surface area (TPSA) is 58.8 Å². The molecule has 0 spiro atoms. The summed E-state index contributed by atoms with van der Waals surface area (Å²) in [7, 11) is 3.46. The van der Waals surface area contributed by atoms with Gasteiger partial charge in [0.05, 0.1) is 19.9 Å². The summed E-state index contributed by atoms with van der Waals surface area (Å²) in [5.74, 6) is 2.63. The maximum Gasteiger partial charge on any atom is 0.191 e. The van der Waals surface area contributed by atoms with Crippen LogP contribution in [0.15, 0.2) is 63.5 Å². The molecule has 0 saturated heterocycles. The molecule has 0 aliphatic heterocycles. The van der Waals surface area contributed by atoms with Crippen molar-refractivity contribution in [3.63, 3.8) is 0 Å². The van der Waals surface area contributed by atoms with Crippen molar-refractivity contribution >= 4 is 41.3 Å². The smallest absolute Gasteiger partial charge is 0.191 e. The van der Waals surface area contributed by atoms with Gasteiger partial charge in [-0.25, -0.2) is 0 Å². The largest absolute Gasteiger partial charge is 0.497 e. The highest BCUT2D eigenvalue weighted by Gasteiger charge is 2.05. The number of aliphatic imine (C=N–C) groups is 1. The molecule has 3 aromatic rings. The number of guanidine groups is 1. The zero-order valence-corrected chi connectivity index (χ0v) is 18.5. The van der Waals surface area contributed by atoms with Crippen LogP contribution in [0.1, 0.15) is 10.6 Å². The number of halogens is 1. The van der Waals surface area contributed by atoms with E-state index >= 15 is 0 Å². The minimum Gasteiger partial charge on any atom is -0.497 e. The van der Waals surface area contributed by atoms with Crippen LogP contribution in [0.25, 0.3) is 11.1 Å². The number of furan rings is 1. The van der Waals surface area contributed by atoms with Crippen molar-refractivity contribution in [3.05, 3.63) is 64.7 Å². The fourth-order valence-corrected chi connectivity index (χ4v) is 3.39. The monoisotopic (exact) mass is 497 g/mol. The molecule has 0 atom stereocenters. The highest BCUT2D eigenvalue weighted by molar-refractivity contribution is 14.0. The van der Waals surface area contributed by atoms with Gasteiger partial charge in [-0.3, -0.25) is 4.99 Å². The molecule has 2 heterocycles. The summed E-state index contributed by atoms with van der Waals surface area (Å²) in [5.41, 5.74) is 2.41. The van der Waals surface area contributed by atoms with Gasteiger partial charge >= 0.3 is 0 Å².